The zero-order chi connectivity index (χ0) is 15.2. The van der Waals surface area contributed by atoms with Crippen molar-refractivity contribution in [2.75, 3.05) is 31.3 Å². The molecule has 0 atom stereocenters. The minimum atomic E-state index is -0.198. The van der Waals surface area contributed by atoms with E-state index < -0.39 is 0 Å². The fraction of sp³-hybridized carbons (Fsp3) is 0.385. The molecular formula is C13H18N4O2S2. The van der Waals surface area contributed by atoms with Crippen molar-refractivity contribution in [1.82, 2.24) is 10.3 Å². The van der Waals surface area contributed by atoms with Crippen molar-refractivity contribution in [3.8, 4) is 0 Å². The second-order valence-corrected chi connectivity index (χ2v) is 6.72. The smallest absolute Gasteiger partial charge is 0.265 e. The van der Waals surface area contributed by atoms with E-state index in [9.17, 15) is 4.79 Å². The molecule has 0 fully saturated rings. The standard InChI is InChI=1S/C13H18N4O2S2/c1-8-3-4-9(20-8)7-16-12(18)10-11(14)17-13(21-10)15-5-6-19-2/h3-4H,5-7,14H2,1-2H3,(H,15,17)(H,16,18). The number of anilines is 2. The van der Waals surface area contributed by atoms with E-state index in [0.717, 1.165) is 4.88 Å². The third-order valence-electron chi connectivity index (χ3n) is 2.66. The van der Waals surface area contributed by atoms with Gasteiger partial charge < -0.3 is 21.1 Å². The van der Waals surface area contributed by atoms with Crippen LogP contribution in [0.3, 0.4) is 0 Å². The Balaban J connectivity index is 1.92. The van der Waals surface area contributed by atoms with Gasteiger partial charge in [-0.05, 0) is 19.1 Å². The zero-order valence-corrected chi connectivity index (χ0v) is 13.6. The van der Waals surface area contributed by atoms with Crippen molar-refractivity contribution in [2.24, 2.45) is 0 Å². The number of nitrogen functional groups attached to an aromatic ring is 1. The molecule has 2 rings (SSSR count). The molecule has 0 bridgehead atoms. The number of aromatic nitrogens is 1. The zero-order valence-electron chi connectivity index (χ0n) is 11.9. The summed E-state index contributed by atoms with van der Waals surface area (Å²) in [6, 6.07) is 4.04. The van der Waals surface area contributed by atoms with Crippen LogP contribution in [0.5, 0.6) is 0 Å². The van der Waals surface area contributed by atoms with Crippen LogP contribution in [0.2, 0.25) is 0 Å². The fourth-order valence-electron chi connectivity index (χ4n) is 1.66. The Labute approximate surface area is 131 Å². The number of ether oxygens (including phenoxy) is 1. The number of thiazole rings is 1. The molecule has 8 heteroatoms. The molecule has 0 spiro atoms. The van der Waals surface area contributed by atoms with Crippen molar-refractivity contribution in [1.29, 1.82) is 0 Å². The molecule has 0 aromatic carbocycles. The van der Waals surface area contributed by atoms with E-state index in [2.05, 4.69) is 15.6 Å². The van der Waals surface area contributed by atoms with Crippen molar-refractivity contribution in [3.05, 3.63) is 26.8 Å². The first-order valence-electron chi connectivity index (χ1n) is 6.42. The fourth-order valence-corrected chi connectivity index (χ4v) is 3.31. The molecule has 2 heterocycles. The summed E-state index contributed by atoms with van der Waals surface area (Å²) in [6.07, 6.45) is 0. The van der Waals surface area contributed by atoms with Gasteiger partial charge >= 0.3 is 0 Å². The summed E-state index contributed by atoms with van der Waals surface area (Å²) in [4.78, 5) is 19.0. The molecule has 21 heavy (non-hydrogen) atoms. The number of nitrogens with two attached hydrogens (primary N) is 1. The highest BCUT2D eigenvalue weighted by Crippen LogP contribution is 2.25. The number of thiophene rings is 1. The average Bonchev–Trinajstić information content (AvgIpc) is 3.03. The van der Waals surface area contributed by atoms with Gasteiger partial charge in [-0.2, -0.15) is 0 Å². The Kier molecular flexibility index (Phi) is 5.54. The van der Waals surface area contributed by atoms with Crippen LogP contribution in [-0.2, 0) is 11.3 Å². The summed E-state index contributed by atoms with van der Waals surface area (Å²) in [5, 5.41) is 6.55. The minimum Gasteiger partial charge on any atom is -0.383 e. The van der Waals surface area contributed by atoms with Crippen molar-refractivity contribution < 1.29 is 9.53 Å². The largest absolute Gasteiger partial charge is 0.383 e. The van der Waals surface area contributed by atoms with Crippen molar-refractivity contribution >= 4 is 39.5 Å². The number of nitrogens with zero attached hydrogens (tertiary/aromatic N) is 1. The maximum atomic E-state index is 12.1. The predicted molar refractivity (Wildman–Crippen MR) is 87.1 cm³/mol. The molecule has 0 aliphatic rings. The van der Waals surface area contributed by atoms with Crippen LogP contribution in [0.15, 0.2) is 12.1 Å². The third-order valence-corrected chi connectivity index (χ3v) is 4.69. The summed E-state index contributed by atoms with van der Waals surface area (Å²) < 4.78 is 4.94. The van der Waals surface area contributed by atoms with Gasteiger partial charge in [-0.3, -0.25) is 4.79 Å². The number of amides is 1. The molecule has 0 radical (unpaired) electrons. The summed E-state index contributed by atoms with van der Waals surface area (Å²) in [5.74, 6) is 0.0515. The van der Waals surface area contributed by atoms with Gasteiger partial charge in [-0.15, -0.1) is 11.3 Å². The van der Waals surface area contributed by atoms with Gasteiger partial charge in [0.1, 0.15) is 10.7 Å². The van der Waals surface area contributed by atoms with E-state index in [-0.39, 0.29) is 11.7 Å². The maximum absolute atomic E-state index is 12.1. The van der Waals surface area contributed by atoms with E-state index >= 15 is 0 Å². The van der Waals surface area contributed by atoms with Gasteiger partial charge in [0, 0.05) is 23.4 Å². The number of hydrogen-bond donors (Lipinski definition) is 3. The monoisotopic (exact) mass is 326 g/mol. The van der Waals surface area contributed by atoms with Crippen LogP contribution >= 0.6 is 22.7 Å². The molecule has 2 aromatic heterocycles. The highest BCUT2D eigenvalue weighted by molar-refractivity contribution is 7.18. The van der Waals surface area contributed by atoms with Gasteiger partial charge in [-0.25, -0.2) is 4.98 Å². The molecule has 0 saturated heterocycles. The van der Waals surface area contributed by atoms with Crippen LogP contribution in [-0.4, -0.2) is 31.2 Å². The van der Waals surface area contributed by atoms with Gasteiger partial charge in [0.2, 0.25) is 0 Å². The molecule has 0 aliphatic heterocycles. The summed E-state index contributed by atoms with van der Waals surface area (Å²) in [6.45, 7) is 3.73. The summed E-state index contributed by atoms with van der Waals surface area (Å²) in [5.41, 5.74) is 5.79. The molecule has 114 valence electrons. The molecule has 2 aromatic rings. The van der Waals surface area contributed by atoms with Crippen molar-refractivity contribution in [2.45, 2.75) is 13.5 Å². The lowest BCUT2D eigenvalue weighted by Gasteiger charge is -2.01. The SMILES string of the molecule is COCCNc1nc(N)c(C(=O)NCc2ccc(C)s2)s1. The van der Waals surface area contributed by atoms with Crippen LogP contribution in [0, 0.1) is 6.92 Å². The highest BCUT2D eigenvalue weighted by atomic mass is 32.1. The first kappa shape index (κ1) is 15.7. The third kappa shape index (κ3) is 4.42. The summed E-state index contributed by atoms with van der Waals surface area (Å²) >= 11 is 2.91. The van der Waals surface area contributed by atoms with E-state index in [1.54, 1.807) is 18.4 Å². The van der Waals surface area contributed by atoms with Crippen molar-refractivity contribution in [3.63, 3.8) is 0 Å². The second kappa shape index (κ2) is 7.39. The lowest BCUT2D eigenvalue weighted by Crippen LogP contribution is -2.22. The predicted octanol–water partition coefficient (Wildman–Crippen LogP) is 2.08. The van der Waals surface area contributed by atoms with Gasteiger partial charge in [-0.1, -0.05) is 11.3 Å². The lowest BCUT2D eigenvalue weighted by atomic mass is 10.4. The number of carbonyl (C=O) groups excluding carboxylic acids is 1. The molecule has 1 amide bonds. The van der Waals surface area contributed by atoms with E-state index in [0.29, 0.717) is 29.7 Å². The first-order chi connectivity index (χ1) is 10.1. The minimum absolute atomic E-state index is 0.198. The van der Waals surface area contributed by atoms with Crippen LogP contribution in [0.25, 0.3) is 0 Å². The Morgan fingerprint density at radius 1 is 1.43 bits per heavy atom. The van der Waals surface area contributed by atoms with E-state index in [1.807, 2.05) is 19.1 Å². The Morgan fingerprint density at radius 2 is 2.24 bits per heavy atom. The average molecular weight is 326 g/mol. The molecule has 4 N–H and O–H groups in total. The van der Waals surface area contributed by atoms with E-state index in [4.69, 9.17) is 10.5 Å². The Bertz CT molecular complexity index is 609. The molecule has 0 unspecified atom stereocenters. The lowest BCUT2D eigenvalue weighted by molar-refractivity contribution is 0.0956. The number of nitrogens with one attached hydrogen (secondary N) is 2. The summed E-state index contributed by atoms with van der Waals surface area (Å²) in [7, 11) is 1.63. The Hall–Kier alpha value is -1.64. The van der Waals surface area contributed by atoms with Gasteiger partial charge in [0.15, 0.2) is 5.13 Å². The van der Waals surface area contributed by atoms with Crippen LogP contribution in [0.1, 0.15) is 19.4 Å². The molecule has 0 aliphatic carbocycles. The van der Waals surface area contributed by atoms with Crippen LogP contribution in [0.4, 0.5) is 10.9 Å². The first-order valence-corrected chi connectivity index (χ1v) is 8.06. The highest BCUT2D eigenvalue weighted by Gasteiger charge is 2.16. The number of aryl methyl sites for hydroxylation is 1. The molecule has 0 saturated carbocycles. The van der Waals surface area contributed by atoms with Gasteiger partial charge in [0.05, 0.1) is 13.2 Å². The topological polar surface area (TPSA) is 89.3 Å². The number of methoxy groups -OCH3 is 1. The normalized spacial score (nSPS) is 10.6. The van der Waals surface area contributed by atoms with Crippen LogP contribution < -0.4 is 16.4 Å². The Morgan fingerprint density at radius 3 is 2.90 bits per heavy atom. The number of hydrogen-bond acceptors (Lipinski definition) is 7. The second-order valence-electron chi connectivity index (χ2n) is 4.35. The molecule has 6 nitrogen and oxygen atoms in total. The van der Waals surface area contributed by atoms with Gasteiger partial charge in [0.25, 0.3) is 5.91 Å². The quantitative estimate of drug-likeness (QED) is 0.678. The molecular weight excluding hydrogens is 308 g/mol. The number of rotatable bonds is 7. The maximum Gasteiger partial charge on any atom is 0.265 e. The van der Waals surface area contributed by atoms with E-state index in [1.165, 1.54) is 16.2 Å². The number of carbonyl (C=O) groups is 1.